The maximum atomic E-state index is 10.5. The number of hydrogen-bond donors (Lipinski definition) is 0. The van der Waals surface area contributed by atoms with Crippen molar-refractivity contribution in [3.8, 4) is 0 Å². The van der Waals surface area contributed by atoms with E-state index in [1.54, 1.807) is 12.1 Å². The van der Waals surface area contributed by atoms with Crippen molar-refractivity contribution in [2.45, 2.75) is 0 Å². The van der Waals surface area contributed by atoms with Crippen molar-refractivity contribution >= 4 is 24.9 Å². The molecule has 0 aromatic heterocycles. The van der Waals surface area contributed by atoms with Crippen LogP contribution in [0.1, 0.15) is 26.3 Å². The molecule has 0 unspecified atom stereocenters. The minimum absolute atomic E-state index is 0.417. The molecule has 1 aromatic rings. The van der Waals surface area contributed by atoms with Crippen molar-refractivity contribution in [1.29, 1.82) is 0 Å². The van der Waals surface area contributed by atoms with Gasteiger partial charge in [-0.15, -0.1) is 0 Å². The standard InChI is InChI=1S/C11H8O3/c12-3-1-2-9-4-10(7-13)6-11(5-9)8-14/h1-8H. The molecule has 1 aromatic carbocycles. The van der Waals surface area contributed by atoms with E-state index < -0.39 is 0 Å². The lowest BCUT2D eigenvalue weighted by Crippen LogP contribution is -1.87. The number of rotatable bonds is 4. The van der Waals surface area contributed by atoms with Crippen molar-refractivity contribution in [2.75, 3.05) is 0 Å². The SMILES string of the molecule is O=CC=Cc1cc(C=O)cc(C=O)c1. The Labute approximate surface area is 81.1 Å². The summed E-state index contributed by atoms with van der Waals surface area (Å²) in [6.07, 6.45) is 4.79. The molecule has 0 radical (unpaired) electrons. The van der Waals surface area contributed by atoms with E-state index in [0.717, 1.165) is 0 Å². The van der Waals surface area contributed by atoms with E-state index >= 15 is 0 Å². The summed E-state index contributed by atoms with van der Waals surface area (Å²) >= 11 is 0. The first kappa shape index (κ1) is 10.1. The zero-order valence-corrected chi connectivity index (χ0v) is 7.34. The molecular weight excluding hydrogens is 180 g/mol. The van der Waals surface area contributed by atoms with Crippen LogP contribution in [0.3, 0.4) is 0 Å². The second-order valence-corrected chi connectivity index (χ2v) is 2.66. The van der Waals surface area contributed by atoms with Crippen molar-refractivity contribution in [3.63, 3.8) is 0 Å². The molecule has 0 bridgehead atoms. The van der Waals surface area contributed by atoms with Crippen LogP contribution in [-0.4, -0.2) is 18.9 Å². The van der Waals surface area contributed by atoms with Crippen LogP contribution in [-0.2, 0) is 4.79 Å². The van der Waals surface area contributed by atoms with Crippen molar-refractivity contribution in [1.82, 2.24) is 0 Å². The van der Waals surface area contributed by atoms with Crippen LogP contribution in [0.2, 0.25) is 0 Å². The quantitative estimate of drug-likeness (QED) is 0.531. The van der Waals surface area contributed by atoms with Gasteiger partial charge in [0, 0.05) is 11.1 Å². The topological polar surface area (TPSA) is 51.2 Å². The molecular formula is C11H8O3. The highest BCUT2D eigenvalue weighted by Gasteiger charge is 1.97. The molecule has 3 heteroatoms. The zero-order chi connectivity index (χ0) is 10.4. The third-order valence-electron chi connectivity index (χ3n) is 1.64. The van der Waals surface area contributed by atoms with Gasteiger partial charge in [-0.05, 0) is 29.8 Å². The first-order valence-electron chi connectivity index (χ1n) is 3.97. The molecule has 0 aliphatic carbocycles. The van der Waals surface area contributed by atoms with Crippen molar-refractivity contribution in [2.24, 2.45) is 0 Å². The van der Waals surface area contributed by atoms with Crippen LogP contribution < -0.4 is 0 Å². The number of hydrogen-bond acceptors (Lipinski definition) is 3. The summed E-state index contributed by atoms with van der Waals surface area (Å²) in [5.74, 6) is 0. The van der Waals surface area contributed by atoms with Gasteiger partial charge in [-0.25, -0.2) is 0 Å². The average Bonchev–Trinajstić information content (AvgIpc) is 2.25. The van der Waals surface area contributed by atoms with Crippen molar-refractivity contribution < 1.29 is 14.4 Å². The van der Waals surface area contributed by atoms with E-state index in [4.69, 9.17) is 0 Å². The molecule has 0 atom stereocenters. The fourth-order valence-corrected chi connectivity index (χ4v) is 1.09. The maximum absolute atomic E-state index is 10.5. The van der Waals surface area contributed by atoms with Gasteiger partial charge in [0.25, 0.3) is 0 Å². The van der Waals surface area contributed by atoms with Crippen molar-refractivity contribution in [3.05, 3.63) is 41.0 Å². The molecule has 0 amide bonds. The van der Waals surface area contributed by atoms with E-state index in [1.807, 2.05) is 0 Å². The smallest absolute Gasteiger partial charge is 0.150 e. The average molecular weight is 188 g/mol. The number of allylic oxidation sites excluding steroid dienone is 1. The highest BCUT2D eigenvalue weighted by molar-refractivity contribution is 5.85. The predicted molar refractivity (Wildman–Crippen MR) is 52.3 cm³/mol. The summed E-state index contributed by atoms with van der Waals surface area (Å²) in [6.45, 7) is 0. The summed E-state index contributed by atoms with van der Waals surface area (Å²) in [5, 5.41) is 0. The second kappa shape index (κ2) is 4.87. The lowest BCUT2D eigenvalue weighted by atomic mass is 10.1. The monoisotopic (exact) mass is 188 g/mol. The Morgan fingerprint density at radius 2 is 1.29 bits per heavy atom. The number of benzene rings is 1. The van der Waals surface area contributed by atoms with Gasteiger partial charge in [0.2, 0.25) is 0 Å². The molecule has 70 valence electrons. The van der Waals surface area contributed by atoms with E-state index in [-0.39, 0.29) is 0 Å². The van der Waals surface area contributed by atoms with Gasteiger partial charge in [0.1, 0.15) is 18.9 Å². The lowest BCUT2D eigenvalue weighted by molar-refractivity contribution is -0.104. The van der Waals surface area contributed by atoms with Crippen LogP contribution in [0.25, 0.3) is 6.08 Å². The summed E-state index contributed by atoms with van der Waals surface area (Å²) in [5.41, 5.74) is 1.49. The molecule has 0 saturated heterocycles. The van der Waals surface area contributed by atoms with Gasteiger partial charge < -0.3 is 0 Å². The molecule has 3 nitrogen and oxygen atoms in total. The molecule has 0 saturated carbocycles. The van der Waals surface area contributed by atoms with Crippen LogP contribution in [0.15, 0.2) is 24.3 Å². The maximum Gasteiger partial charge on any atom is 0.150 e. The van der Waals surface area contributed by atoms with Crippen LogP contribution in [0.4, 0.5) is 0 Å². The number of carbonyl (C=O) groups excluding carboxylic acids is 3. The molecule has 1 rings (SSSR count). The number of carbonyl (C=O) groups is 3. The molecule has 14 heavy (non-hydrogen) atoms. The summed E-state index contributed by atoms with van der Waals surface area (Å²) in [7, 11) is 0. The normalized spacial score (nSPS) is 10.0. The summed E-state index contributed by atoms with van der Waals surface area (Å²) < 4.78 is 0. The third-order valence-corrected chi connectivity index (χ3v) is 1.64. The Bertz CT molecular complexity index is 365. The van der Waals surface area contributed by atoms with E-state index in [9.17, 15) is 14.4 Å². The minimum atomic E-state index is 0.417. The highest BCUT2D eigenvalue weighted by Crippen LogP contribution is 2.09. The fraction of sp³-hybridized carbons (Fsp3) is 0. The Balaban J connectivity index is 3.16. The van der Waals surface area contributed by atoms with E-state index in [0.29, 0.717) is 35.5 Å². The molecule has 0 aliphatic rings. The summed E-state index contributed by atoms with van der Waals surface area (Å²) in [4.78, 5) is 31.0. The molecule has 0 aliphatic heterocycles. The van der Waals surface area contributed by atoms with Gasteiger partial charge >= 0.3 is 0 Å². The zero-order valence-electron chi connectivity index (χ0n) is 7.34. The Morgan fingerprint density at radius 1 is 0.786 bits per heavy atom. The highest BCUT2D eigenvalue weighted by atomic mass is 16.1. The Kier molecular flexibility index (Phi) is 3.49. The third kappa shape index (κ3) is 2.48. The Hall–Kier alpha value is -2.03. The lowest BCUT2D eigenvalue weighted by Gasteiger charge is -1.97. The largest absolute Gasteiger partial charge is 0.299 e. The first-order valence-corrected chi connectivity index (χ1v) is 3.97. The molecule has 0 spiro atoms. The second-order valence-electron chi connectivity index (χ2n) is 2.66. The summed E-state index contributed by atoms with van der Waals surface area (Å²) in [6, 6.07) is 4.68. The van der Waals surface area contributed by atoms with Gasteiger partial charge in [0.05, 0.1) is 0 Å². The van der Waals surface area contributed by atoms with Gasteiger partial charge in [-0.1, -0.05) is 6.08 Å². The van der Waals surface area contributed by atoms with Crippen LogP contribution in [0, 0.1) is 0 Å². The van der Waals surface area contributed by atoms with Gasteiger partial charge in [0.15, 0.2) is 0 Å². The van der Waals surface area contributed by atoms with E-state index in [2.05, 4.69) is 0 Å². The first-order chi connectivity index (χ1) is 6.80. The number of aldehydes is 3. The van der Waals surface area contributed by atoms with Gasteiger partial charge in [-0.2, -0.15) is 0 Å². The van der Waals surface area contributed by atoms with Crippen LogP contribution >= 0.6 is 0 Å². The molecule has 0 fully saturated rings. The predicted octanol–water partition coefficient (Wildman–Crippen LogP) is 1.52. The molecule has 0 heterocycles. The van der Waals surface area contributed by atoms with E-state index in [1.165, 1.54) is 18.2 Å². The van der Waals surface area contributed by atoms with Crippen LogP contribution in [0.5, 0.6) is 0 Å². The fourth-order valence-electron chi connectivity index (χ4n) is 1.09. The van der Waals surface area contributed by atoms with Gasteiger partial charge in [-0.3, -0.25) is 14.4 Å². The Morgan fingerprint density at radius 3 is 1.71 bits per heavy atom. The molecule has 0 N–H and O–H groups in total. The minimum Gasteiger partial charge on any atom is -0.299 e.